The number of urea groups is 1. The first-order valence-corrected chi connectivity index (χ1v) is 9.70. The number of likely N-dealkylation sites (tertiary alicyclic amines) is 1. The number of carbonyl (C=O) groups is 2. The highest BCUT2D eigenvalue weighted by Gasteiger charge is 2.24. The predicted octanol–water partition coefficient (Wildman–Crippen LogP) is 0.644. The normalized spacial score (nSPS) is 21.0. The third kappa shape index (κ3) is 5.32. The molecule has 0 aliphatic carbocycles. The van der Waals surface area contributed by atoms with Crippen molar-refractivity contribution >= 4 is 17.8 Å². The number of aromatic nitrogens is 1. The Bertz CT molecular complexity index is 659. The summed E-state index contributed by atoms with van der Waals surface area (Å²) in [5, 5.41) is 5.94. The molecule has 8 heteroatoms. The van der Waals surface area contributed by atoms with Gasteiger partial charge in [0.2, 0.25) is 5.91 Å². The Balaban J connectivity index is 1.57. The number of hydrogen-bond donors (Lipinski definition) is 2. The maximum absolute atomic E-state index is 12.6. The van der Waals surface area contributed by atoms with Crippen molar-refractivity contribution in [3.8, 4) is 0 Å². The topological polar surface area (TPSA) is 80.8 Å². The van der Waals surface area contributed by atoms with Crippen molar-refractivity contribution in [3.05, 3.63) is 23.9 Å². The van der Waals surface area contributed by atoms with Gasteiger partial charge in [0.1, 0.15) is 5.82 Å². The molecule has 0 spiro atoms. The van der Waals surface area contributed by atoms with Crippen molar-refractivity contribution in [1.29, 1.82) is 0 Å². The summed E-state index contributed by atoms with van der Waals surface area (Å²) in [5.41, 5.74) is 1.03. The van der Waals surface area contributed by atoms with Crippen LogP contribution in [0.3, 0.4) is 0 Å². The van der Waals surface area contributed by atoms with E-state index in [9.17, 15) is 9.59 Å². The molecule has 1 atom stereocenters. The molecule has 2 saturated heterocycles. The molecule has 148 valence electrons. The standard InChI is InChI=1S/C19H30N6O2/c1-15(26)22-17-6-4-8-25(14-17)19(27)21-13-16-5-3-7-20-18(16)24-11-9-23(2)10-12-24/h3,5,7,17H,4,6,8-14H2,1-2H3,(H,21,27)(H,22,26). The van der Waals surface area contributed by atoms with Crippen molar-refractivity contribution in [2.75, 3.05) is 51.2 Å². The Hall–Kier alpha value is -2.35. The van der Waals surface area contributed by atoms with Crippen LogP contribution in [0.25, 0.3) is 0 Å². The van der Waals surface area contributed by atoms with Gasteiger partial charge in [0.15, 0.2) is 0 Å². The van der Waals surface area contributed by atoms with E-state index in [1.807, 2.05) is 18.3 Å². The number of hydrogen-bond acceptors (Lipinski definition) is 5. The van der Waals surface area contributed by atoms with E-state index in [0.717, 1.165) is 56.9 Å². The lowest BCUT2D eigenvalue weighted by atomic mass is 10.1. The fourth-order valence-electron chi connectivity index (χ4n) is 3.72. The van der Waals surface area contributed by atoms with E-state index >= 15 is 0 Å². The third-order valence-electron chi connectivity index (χ3n) is 5.22. The van der Waals surface area contributed by atoms with Crippen LogP contribution < -0.4 is 15.5 Å². The van der Waals surface area contributed by atoms with E-state index in [1.165, 1.54) is 6.92 Å². The molecule has 1 aromatic heterocycles. The fourth-order valence-corrected chi connectivity index (χ4v) is 3.72. The molecule has 3 heterocycles. The Kier molecular flexibility index (Phi) is 6.49. The Labute approximate surface area is 160 Å². The second-order valence-electron chi connectivity index (χ2n) is 7.42. The number of pyridine rings is 1. The Morgan fingerprint density at radius 1 is 1.22 bits per heavy atom. The quantitative estimate of drug-likeness (QED) is 0.809. The zero-order valence-electron chi connectivity index (χ0n) is 16.3. The third-order valence-corrected chi connectivity index (χ3v) is 5.22. The maximum Gasteiger partial charge on any atom is 0.317 e. The van der Waals surface area contributed by atoms with E-state index < -0.39 is 0 Å². The number of anilines is 1. The lowest BCUT2D eigenvalue weighted by Gasteiger charge is -2.35. The monoisotopic (exact) mass is 374 g/mol. The van der Waals surface area contributed by atoms with Crippen molar-refractivity contribution in [2.24, 2.45) is 0 Å². The molecule has 3 rings (SSSR count). The number of nitrogens with zero attached hydrogens (tertiary/aromatic N) is 4. The minimum absolute atomic E-state index is 0.0429. The molecule has 0 radical (unpaired) electrons. The van der Waals surface area contributed by atoms with Crippen LogP contribution in [-0.4, -0.2) is 79.1 Å². The molecule has 2 N–H and O–H groups in total. The van der Waals surface area contributed by atoms with Gasteiger partial charge in [0.25, 0.3) is 0 Å². The number of carbonyl (C=O) groups excluding carboxylic acids is 2. The summed E-state index contributed by atoms with van der Waals surface area (Å²) in [6, 6.07) is 3.89. The molecule has 0 saturated carbocycles. The van der Waals surface area contributed by atoms with Crippen LogP contribution >= 0.6 is 0 Å². The minimum atomic E-state index is -0.0850. The van der Waals surface area contributed by atoms with Gasteiger partial charge in [-0.05, 0) is 26.0 Å². The number of likely N-dealkylation sites (N-methyl/N-ethyl adjacent to an activating group) is 1. The van der Waals surface area contributed by atoms with Crippen molar-refractivity contribution in [2.45, 2.75) is 32.4 Å². The average molecular weight is 374 g/mol. The SMILES string of the molecule is CC(=O)NC1CCCN(C(=O)NCc2cccnc2N2CCN(C)CC2)C1. The number of nitrogens with one attached hydrogen (secondary N) is 2. The van der Waals surface area contributed by atoms with Gasteiger partial charge >= 0.3 is 6.03 Å². The average Bonchev–Trinajstić information content (AvgIpc) is 2.67. The summed E-state index contributed by atoms with van der Waals surface area (Å²) in [6.07, 6.45) is 3.62. The van der Waals surface area contributed by atoms with Gasteiger partial charge in [-0.2, -0.15) is 0 Å². The molecule has 0 bridgehead atoms. The molecule has 2 aliphatic rings. The van der Waals surface area contributed by atoms with Crippen LogP contribution in [0.1, 0.15) is 25.3 Å². The lowest BCUT2D eigenvalue weighted by molar-refractivity contribution is -0.119. The predicted molar refractivity (Wildman–Crippen MR) is 105 cm³/mol. The summed E-state index contributed by atoms with van der Waals surface area (Å²) in [6.45, 7) is 7.17. The van der Waals surface area contributed by atoms with E-state index in [1.54, 1.807) is 4.90 Å². The molecule has 3 amide bonds. The first-order chi connectivity index (χ1) is 13.0. The molecule has 1 aromatic rings. The zero-order valence-corrected chi connectivity index (χ0v) is 16.3. The molecular weight excluding hydrogens is 344 g/mol. The molecular formula is C19H30N6O2. The molecule has 2 aliphatic heterocycles. The number of rotatable bonds is 4. The van der Waals surface area contributed by atoms with Gasteiger partial charge in [-0.1, -0.05) is 6.07 Å². The van der Waals surface area contributed by atoms with E-state index in [2.05, 4.69) is 32.5 Å². The van der Waals surface area contributed by atoms with Crippen molar-refractivity contribution < 1.29 is 9.59 Å². The second-order valence-corrected chi connectivity index (χ2v) is 7.42. The van der Waals surface area contributed by atoms with Crippen LogP contribution in [0.4, 0.5) is 10.6 Å². The first kappa shape index (κ1) is 19.4. The van der Waals surface area contributed by atoms with Gasteiger partial charge in [-0.15, -0.1) is 0 Å². The van der Waals surface area contributed by atoms with E-state index in [4.69, 9.17) is 0 Å². The zero-order chi connectivity index (χ0) is 19.2. The van der Waals surface area contributed by atoms with Gasteiger partial charge in [-0.3, -0.25) is 4.79 Å². The second kappa shape index (κ2) is 9.03. The summed E-state index contributed by atoms with van der Waals surface area (Å²) in [5.74, 6) is 0.912. The van der Waals surface area contributed by atoms with Gasteiger partial charge < -0.3 is 25.3 Å². The van der Waals surface area contributed by atoms with E-state index in [-0.39, 0.29) is 18.0 Å². The number of piperazine rings is 1. The molecule has 27 heavy (non-hydrogen) atoms. The van der Waals surface area contributed by atoms with Gasteiger partial charge in [0, 0.05) is 70.5 Å². The summed E-state index contributed by atoms with van der Waals surface area (Å²) in [4.78, 5) is 34.8. The van der Waals surface area contributed by atoms with Gasteiger partial charge in [-0.25, -0.2) is 9.78 Å². The van der Waals surface area contributed by atoms with Crippen LogP contribution in [0, 0.1) is 0 Å². The first-order valence-electron chi connectivity index (χ1n) is 9.70. The number of amides is 3. The molecule has 8 nitrogen and oxygen atoms in total. The van der Waals surface area contributed by atoms with Crippen LogP contribution in [0.15, 0.2) is 18.3 Å². The number of piperidine rings is 1. The van der Waals surface area contributed by atoms with Crippen LogP contribution in [0.5, 0.6) is 0 Å². The fraction of sp³-hybridized carbons (Fsp3) is 0.632. The Morgan fingerprint density at radius 3 is 2.74 bits per heavy atom. The van der Waals surface area contributed by atoms with Crippen molar-refractivity contribution in [3.63, 3.8) is 0 Å². The highest BCUT2D eigenvalue weighted by atomic mass is 16.2. The van der Waals surface area contributed by atoms with Gasteiger partial charge in [0.05, 0.1) is 0 Å². The van der Waals surface area contributed by atoms with Crippen LogP contribution in [0.2, 0.25) is 0 Å². The molecule has 2 fully saturated rings. The van der Waals surface area contributed by atoms with Crippen molar-refractivity contribution in [1.82, 2.24) is 25.4 Å². The van der Waals surface area contributed by atoms with Crippen LogP contribution in [-0.2, 0) is 11.3 Å². The Morgan fingerprint density at radius 2 is 2.00 bits per heavy atom. The summed E-state index contributed by atoms with van der Waals surface area (Å²) < 4.78 is 0. The highest BCUT2D eigenvalue weighted by molar-refractivity contribution is 5.75. The largest absolute Gasteiger partial charge is 0.354 e. The molecule has 1 unspecified atom stereocenters. The smallest absolute Gasteiger partial charge is 0.317 e. The highest BCUT2D eigenvalue weighted by Crippen LogP contribution is 2.19. The lowest BCUT2D eigenvalue weighted by Crippen LogP contribution is -2.51. The summed E-state index contributed by atoms with van der Waals surface area (Å²) >= 11 is 0. The molecule has 0 aromatic carbocycles. The minimum Gasteiger partial charge on any atom is -0.354 e. The summed E-state index contributed by atoms with van der Waals surface area (Å²) in [7, 11) is 2.13. The maximum atomic E-state index is 12.6. The van der Waals surface area contributed by atoms with E-state index in [0.29, 0.717) is 13.1 Å².